The Bertz CT molecular complexity index is 750. The van der Waals surface area contributed by atoms with Crippen molar-refractivity contribution in [2.45, 2.75) is 50.1 Å². The van der Waals surface area contributed by atoms with E-state index < -0.39 is 0 Å². The van der Waals surface area contributed by atoms with Crippen LogP contribution in [0.4, 0.5) is 0 Å². The molecule has 0 radical (unpaired) electrons. The van der Waals surface area contributed by atoms with Crippen LogP contribution in [0.2, 0.25) is 0 Å². The van der Waals surface area contributed by atoms with E-state index in [9.17, 15) is 0 Å². The van der Waals surface area contributed by atoms with E-state index in [4.69, 9.17) is 0 Å². The van der Waals surface area contributed by atoms with E-state index >= 15 is 0 Å². The molecular weight excluding hydrogens is 386 g/mol. The maximum atomic E-state index is 2.60. The van der Waals surface area contributed by atoms with E-state index in [0.29, 0.717) is 5.16 Å². The lowest BCUT2D eigenvalue weighted by Gasteiger charge is -2.41. The van der Waals surface area contributed by atoms with Gasteiger partial charge in [-0.2, -0.15) is 0 Å². The number of allylic oxidation sites excluding steroid dienone is 4. The predicted octanol–water partition coefficient (Wildman–Crippen LogP) is 7.02. The molecule has 0 amide bonds. The fourth-order valence-electron chi connectivity index (χ4n) is 5.01. The van der Waals surface area contributed by atoms with Crippen LogP contribution in [0.5, 0.6) is 0 Å². The molecule has 0 bridgehead atoms. The third-order valence-corrected chi connectivity index (χ3v) is 11.2. The first-order valence-corrected chi connectivity index (χ1v) is 14.1. The predicted molar refractivity (Wildman–Crippen MR) is 134 cm³/mol. The average molecular weight is 421 g/mol. The minimum Gasteiger partial charge on any atom is -0.111 e. The summed E-state index contributed by atoms with van der Waals surface area (Å²) in [5.74, 6) is 0.917. The molecule has 1 fully saturated rings. The first kappa shape index (κ1) is 21.0. The monoisotopic (exact) mass is 420 g/mol. The Balaban J connectivity index is 1.40. The van der Waals surface area contributed by atoms with Gasteiger partial charge >= 0.3 is 0 Å². The lowest BCUT2D eigenvalue weighted by atomic mass is 9.76. The number of benzene rings is 2. The molecule has 2 heteroatoms. The van der Waals surface area contributed by atoms with Crippen molar-refractivity contribution in [3.8, 4) is 0 Å². The summed E-state index contributed by atoms with van der Waals surface area (Å²) >= 11 is 0. The molecule has 0 saturated heterocycles. The summed E-state index contributed by atoms with van der Waals surface area (Å²) in [5, 5.41) is 3.52. The molecule has 0 heterocycles. The molecule has 1 saturated carbocycles. The summed E-state index contributed by atoms with van der Waals surface area (Å²) in [6.07, 6.45) is 22.2. The quantitative estimate of drug-likeness (QED) is 0.318. The molecule has 0 nitrogen and oxygen atoms in total. The van der Waals surface area contributed by atoms with Crippen LogP contribution in [0, 0.1) is 5.92 Å². The summed E-state index contributed by atoms with van der Waals surface area (Å²) in [6, 6.07) is 22.4. The highest BCUT2D eigenvalue weighted by Crippen LogP contribution is 2.50. The fraction of sp³-hybridized carbons (Fsp3) is 0.407. The zero-order chi connectivity index (χ0) is 19.8. The molecule has 2 aromatic rings. The van der Waals surface area contributed by atoms with Crippen LogP contribution in [-0.2, 0) is 0 Å². The van der Waals surface area contributed by atoms with Gasteiger partial charge in [0, 0.05) is 5.16 Å². The molecule has 2 atom stereocenters. The van der Waals surface area contributed by atoms with Gasteiger partial charge in [0.1, 0.15) is 0 Å². The molecule has 152 valence electrons. The van der Waals surface area contributed by atoms with Gasteiger partial charge in [0.05, 0.1) is 0 Å². The summed E-state index contributed by atoms with van der Waals surface area (Å²) in [4.78, 5) is 0. The molecule has 2 aliphatic rings. The maximum absolute atomic E-state index is 2.60. The van der Waals surface area contributed by atoms with E-state index in [1.807, 2.05) is 0 Å². The highest BCUT2D eigenvalue weighted by Gasteiger charge is 2.36. The summed E-state index contributed by atoms with van der Waals surface area (Å²) in [7, 11) is 0.831. The van der Waals surface area contributed by atoms with Crippen LogP contribution in [0.25, 0.3) is 0 Å². The smallest absolute Gasteiger partial charge is 0.0121 e. The minimum absolute atomic E-state index is 0.239. The molecule has 4 rings (SSSR count). The standard InChI is InChI=1S/C27H34P2/c1-5-14-24(15-6-1)27(20-11-4-12-21-27)28-22-13-23-29(25-16-7-2-8-17-25)26-18-9-3-10-19-26/h2-4,7-12,16-20,24,28H,1,5-6,13-15,21-23H2. The summed E-state index contributed by atoms with van der Waals surface area (Å²) < 4.78 is 0. The molecule has 0 aromatic heterocycles. The summed E-state index contributed by atoms with van der Waals surface area (Å²) in [5.41, 5.74) is 0. The normalized spacial score (nSPS) is 22.7. The van der Waals surface area contributed by atoms with Crippen molar-refractivity contribution in [3.05, 3.63) is 85.0 Å². The molecule has 29 heavy (non-hydrogen) atoms. The van der Waals surface area contributed by atoms with Gasteiger partial charge in [0.15, 0.2) is 0 Å². The number of hydrogen-bond acceptors (Lipinski definition) is 0. The van der Waals surface area contributed by atoms with Gasteiger partial charge in [0.2, 0.25) is 0 Å². The minimum atomic E-state index is -0.239. The Morgan fingerprint density at radius 3 is 2.07 bits per heavy atom. The maximum Gasteiger partial charge on any atom is 0.0121 e. The van der Waals surface area contributed by atoms with Gasteiger partial charge < -0.3 is 0 Å². The number of rotatable bonds is 8. The van der Waals surface area contributed by atoms with Crippen molar-refractivity contribution in [2.75, 3.05) is 12.3 Å². The lowest BCUT2D eigenvalue weighted by molar-refractivity contribution is 0.307. The van der Waals surface area contributed by atoms with Crippen LogP contribution in [-0.4, -0.2) is 17.5 Å². The van der Waals surface area contributed by atoms with Crippen molar-refractivity contribution >= 4 is 27.1 Å². The lowest BCUT2D eigenvalue weighted by Crippen LogP contribution is -2.33. The second-order valence-corrected chi connectivity index (χ2v) is 12.6. The third kappa shape index (κ3) is 5.48. The van der Waals surface area contributed by atoms with Gasteiger partial charge in [-0.15, -0.1) is 8.58 Å². The van der Waals surface area contributed by atoms with Crippen LogP contribution in [0.1, 0.15) is 44.9 Å². The first-order chi connectivity index (χ1) is 14.4. The summed E-state index contributed by atoms with van der Waals surface area (Å²) in [6.45, 7) is 0. The molecule has 2 aromatic carbocycles. The molecule has 2 aliphatic carbocycles. The van der Waals surface area contributed by atoms with Crippen molar-refractivity contribution in [2.24, 2.45) is 5.92 Å². The Kier molecular flexibility index (Phi) is 7.76. The molecule has 2 unspecified atom stereocenters. The van der Waals surface area contributed by atoms with Crippen LogP contribution < -0.4 is 10.6 Å². The fourth-order valence-corrected chi connectivity index (χ4v) is 9.54. The van der Waals surface area contributed by atoms with Crippen LogP contribution >= 0.6 is 16.5 Å². The van der Waals surface area contributed by atoms with Crippen molar-refractivity contribution in [3.63, 3.8) is 0 Å². The Morgan fingerprint density at radius 1 is 0.828 bits per heavy atom. The number of hydrogen-bond donors (Lipinski definition) is 0. The molecule has 0 aliphatic heterocycles. The Hall–Kier alpha value is -1.22. The van der Waals surface area contributed by atoms with E-state index in [1.165, 1.54) is 67.9 Å². The SMILES string of the molecule is C1=CCC(PCCCP(c2ccccc2)c2ccccc2)(C2CCCCC2)C=C1. The van der Waals surface area contributed by atoms with E-state index in [-0.39, 0.29) is 7.92 Å². The third-order valence-electron chi connectivity index (χ3n) is 6.58. The van der Waals surface area contributed by atoms with Gasteiger partial charge in [-0.3, -0.25) is 0 Å². The molecule has 0 spiro atoms. The van der Waals surface area contributed by atoms with Gasteiger partial charge in [0.25, 0.3) is 0 Å². The first-order valence-electron chi connectivity index (χ1n) is 11.3. The highest BCUT2D eigenvalue weighted by molar-refractivity contribution is 7.73. The van der Waals surface area contributed by atoms with Gasteiger partial charge in [-0.1, -0.05) is 104 Å². The van der Waals surface area contributed by atoms with Crippen molar-refractivity contribution < 1.29 is 0 Å². The van der Waals surface area contributed by atoms with Crippen molar-refractivity contribution in [1.82, 2.24) is 0 Å². The van der Waals surface area contributed by atoms with Crippen molar-refractivity contribution in [1.29, 1.82) is 0 Å². The topological polar surface area (TPSA) is 0 Å². The molecule has 0 N–H and O–H groups in total. The second kappa shape index (κ2) is 10.7. The van der Waals surface area contributed by atoms with Gasteiger partial charge in [-0.05, 0) is 62.5 Å². The van der Waals surface area contributed by atoms with Crippen LogP contribution in [0.3, 0.4) is 0 Å². The largest absolute Gasteiger partial charge is 0.111 e. The van der Waals surface area contributed by atoms with E-state index in [1.54, 1.807) is 0 Å². The zero-order valence-electron chi connectivity index (χ0n) is 17.5. The zero-order valence-corrected chi connectivity index (χ0v) is 19.4. The second-order valence-electron chi connectivity index (χ2n) is 8.47. The Morgan fingerprint density at radius 2 is 1.48 bits per heavy atom. The van der Waals surface area contributed by atoms with Crippen LogP contribution in [0.15, 0.2) is 85.0 Å². The van der Waals surface area contributed by atoms with Gasteiger partial charge in [-0.25, -0.2) is 0 Å². The highest BCUT2D eigenvalue weighted by atomic mass is 31.1. The van der Waals surface area contributed by atoms with E-state index in [2.05, 4.69) is 85.0 Å². The van der Waals surface area contributed by atoms with E-state index in [0.717, 1.165) is 14.5 Å². The average Bonchev–Trinajstić information content (AvgIpc) is 2.81. The molecular formula is C27H34P2. The Labute approximate surface area is 180 Å².